The number of nitrogens with zero attached hydrogens (tertiary/aromatic N) is 1. The molecule has 0 saturated carbocycles. The van der Waals surface area contributed by atoms with Gasteiger partial charge >= 0.3 is 0 Å². The van der Waals surface area contributed by atoms with Gasteiger partial charge in [-0.1, -0.05) is 0 Å². The van der Waals surface area contributed by atoms with Crippen molar-refractivity contribution in [1.82, 2.24) is 16.2 Å². The molecule has 10 nitrogen and oxygen atoms in total. The number of carbonyl (C=O) groups is 4. The second kappa shape index (κ2) is 11.7. The number of hydrazine groups is 1. The Kier molecular flexibility index (Phi) is 8.44. The van der Waals surface area contributed by atoms with Gasteiger partial charge in [0.2, 0.25) is 5.91 Å². The van der Waals surface area contributed by atoms with E-state index in [9.17, 15) is 19.2 Å². The predicted octanol–water partition coefficient (Wildman–Crippen LogP) is 1.56. The highest BCUT2D eigenvalue weighted by atomic mass is 16.5. The zero-order valence-corrected chi connectivity index (χ0v) is 19.1. The number of benzene rings is 2. The molecule has 0 aromatic heterocycles. The summed E-state index contributed by atoms with van der Waals surface area (Å²) in [5, 5.41) is 2.48. The van der Waals surface area contributed by atoms with Gasteiger partial charge in [0.15, 0.2) is 6.10 Å². The Morgan fingerprint density at radius 3 is 2.29 bits per heavy atom. The molecule has 1 heterocycles. The van der Waals surface area contributed by atoms with E-state index in [0.717, 1.165) is 12.1 Å². The third kappa shape index (κ3) is 6.71. The van der Waals surface area contributed by atoms with Crippen LogP contribution in [0.1, 0.15) is 37.0 Å². The number of amides is 4. The summed E-state index contributed by atoms with van der Waals surface area (Å²) < 4.78 is 10.9. The van der Waals surface area contributed by atoms with Crippen molar-refractivity contribution in [3.63, 3.8) is 0 Å². The minimum atomic E-state index is -0.867. The van der Waals surface area contributed by atoms with Gasteiger partial charge in [-0.2, -0.15) is 0 Å². The van der Waals surface area contributed by atoms with Crippen molar-refractivity contribution >= 4 is 29.3 Å². The Bertz CT molecular complexity index is 1020. The minimum absolute atomic E-state index is 0.0649. The highest BCUT2D eigenvalue weighted by molar-refractivity contribution is 5.98. The normalized spacial score (nSPS) is 13.7. The summed E-state index contributed by atoms with van der Waals surface area (Å²) in [6.07, 6.45) is 0.480. The molecule has 4 amide bonds. The van der Waals surface area contributed by atoms with Crippen molar-refractivity contribution < 1.29 is 28.7 Å². The van der Waals surface area contributed by atoms with Crippen molar-refractivity contribution in [2.24, 2.45) is 0 Å². The summed E-state index contributed by atoms with van der Waals surface area (Å²) in [7, 11) is 0. The number of rotatable bonds is 9. The van der Waals surface area contributed by atoms with Crippen molar-refractivity contribution in [3.8, 4) is 11.5 Å². The highest BCUT2D eigenvalue weighted by Gasteiger charge is 2.22. The smallest absolute Gasteiger partial charge is 0.279 e. The predicted molar refractivity (Wildman–Crippen MR) is 124 cm³/mol. The number of hydrogen-bond acceptors (Lipinski definition) is 6. The van der Waals surface area contributed by atoms with Gasteiger partial charge in [-0.15, -0.1) is 0 Å². The summed E-state index contributed by atoms with van der Waals surface area (Å²) in [5.74, 6) is -0.373. The molecule has 0 radical (unpaired) electrons. The maximum atomic E-state index is 12.3. The molecule has 2 aromatic rings. The second-order valence-corrected chi connectivity index (χ2v) is 7.58. The molecule has 1 fully saturated rings. The summed E-state index contributed by atoms with van der Waals surface area (Å²) in [4.78, 5) is 49.9. The van der Waals surface area contributed by atoms with Crippen LogP contribution < -0.4 is 30.5 Å². The van der Waals surface area contributed by atoms with Crippen LogP contribution in [-0.2, 0) is 14.4 Å². The fourth-order valence-electron chi connectivity index (χ4n) is 3.29. The van der Waals surface area contributed by atoms with Crippen LogP contribution >= 0.6 is 0 Å². The molecular weight excluding hydrogens is 440 g/mol. The lowest BCUT2D eigenvalue weighted by molar-refractivity contribution is -0.132. The van der Waals surface area contributed by atoms with E-state index in [1.807, 2.05) is 6.92 Å². The number of carbonyl (C=O) groups excluding carboxylic acids is 4. The molecule has 1 aliphatic rings. The highest BCUT2D eigenvalue weighted by Crippen LogP contribution is 2.21. The number of hydrogen-bond donors (Lipinski definition) is 3. The summed E-state index contributed by atoms with van der Waals surface area (Å²) in [6.45, 7) is 4.30. The molecule has 1 saturated heterocycles. The van der Waals surface area contributed by atoms with Gasteiger partial charge in [0.25, 0.3) is 17.7 Å². The molecule has 1 unspecified atom stereocenters. The van der Waals surface area contributed by atoms with Crippen LogP contribution in [0.5, 0.6) is 11.5 Å². The lowest BCUT2D eigenvalue weighted by atomic mass is 10.2. The third-order valence-electron chi connectivity index (χ3n) is 5.07. The number of nitrogens with one attached hydrogen (secondary N) is 3. The zero-order valence-electron chi connectivity index (χ0n) is 19.1. The lowest BCUT2D eigenvalue weighted by Crippen LogP contribution is -2.50. The largest absolute Gasteiger partial charge is 0.494 e. The number of anilines is 1. The molecule has 1 aliphatic heterocycles. The Balaban J connectivity index is 1.39. The first-order chi connectivity index (χ1) is 16.4. The van der Waals surface area contributed by atoms with Gasteiger partial charge in [-0.3, -0.25) is 30.0 Å². The Hall–Kier alpha value is -4.08. The molecule has 0 bridgehead atoms. The Labute approximate surface area is 197 Å². The molecule has 1 atom stereocenters. The molecular formula is C24H28N4O6. The first-order valence-electron chi connectivity index (χ1n) is 11.0. The molecule has 2 aromatic carbocycles. The maximum Gasteiger partial charge on any atom is 0.279 e. The van der Waals surface area contributed by atoms with Crippen LogP contribution in [0, 0.1) is 0 Å². The van der Waals surface area contributed by atoms with E-state index in [1.165, 1.54) is 0 Å². The van der Waals surface area contributed by atoms with Gasteiger partial charge < -0.3 is 19.7 Å². The van der Waals surface area contributed by atoms with Gasteiger partial charge in [-0.05, 0) is 68.8 Å². The van der Waals surface area contributed by atoms with E-state index >= 15 is 0 Å². The van der Waals surface area contributed by atoms with Gasteiger partial charge in [0, 0.05) is 24.2 Å². The van der Waals surface area contributed by atoms with Gasteiger partial charge in [0.05, 0.1) is 13.2 Å². The molecule has 3 rings (SSSR count). The first-order valence-corrected chi connectivity index (χ1v) is 11.0. The van der Waals surface area contributed by atoms with E-state index < -0.39 is 23.8 Å². The Morgan fingerprint density at radius 2 is 1.68 bits per heavy atom. The quantitative estimate of drug-likeness (QED) is 0.480. The average molecular weight is 469 g/mol. The molecule has 3 N–H and O–H groups in total. The molecule has 0 aliphatic carbocycles. The summed E-state index contributed by atoms with van der Waals surface area (Å²) in [5.41, 5.74) is 5.59. The fourth-order valence-corrected chi connectivity index (χ4v) is 3.29. The first kappa shape index (κ1) is 24.6. The SMILES string of the molecule is CCOc1ccc(OC(C)C(=O)NNC(=O)CNC(=O)c2ccc(N3CCCC3=O)cc2)cc1. The Morgan fingerprint density at radius 1 is 1.00 bits per heavy atom. The molecule has 10 heteroatoms. The minimum Gasteiger partial charge on any atom is -0.494 e. The molecule has 0 spiro atoms. The van der Waals surface area contributed by atoms with Crippen molar-refractivity contribution in [2.45, 2.75) is 32.8 Å². The van der Waals surface area contributed by atoms with E-state index in [2.05, 4.69) is 16.2 Å². The molecule has 34 heavy (non-hydrogen) atoms. The van der Waals surface area contributed by atoms with E-state index in [-0.39, 0.29) is 12.5 Å². The van der Waals surface area contributed by atoms with Crippen molar-refractivity contribution in [2.75, 3.05) is 24.6 Å². The van der Waals surface area contributed by atoms with Crippen LogP contribution in [-0.4, -0.2) is 49.4 Å². The second-order valence-electron chi connectivity index (χ2n) is 7.58. The summed E-state index contributed by atoms with van der Waals surface area (Å²) in [6, 6.07) is 13.4. The summed E-state index contributed by atoms with van der Waals surface area (Å²) >= 11 is 0. The maximum absolute atomic E-state index is 12.3. The molecule has 180 valence electrons. The van der Waals surface area contributed by atoms with Crippen LogP contribution in [0.25, 0.3) is 0 Å². The topological polar surface area (TPSA) is 126 Å². The van der Waals surface area contributed by atoms with Crippen LogP contribution in [0.15, 0.2) is 48.5 Å². The van der Waals surface area contributed by atoms with Crippen molar-refractivity contribution in [1.29, 1.82) is 0 Å². The average Bonchev–Trinajstić information content (AvgIpc) is 3.28. The zero-order chi connectivity index (χ0) is 24.5. The lowest BCUT2D eigenvalue weighted by Gasteiger charge is -2.16. The van der Waals surface area contributed by atoms with Gasteiger partial charge in [-0.25, -0.2) is 0 Å². The van der Waals surface area contributed by atoms with Crippen LogP contribution in [0.2, 0.25) is 0 Å². The van der Waals surface area contributed by atoms with Crippen LogP contribution in [0.4, 0.5) is 5.69 Å². The van der Waals surface area contributed by atoms with E-state index in [0.29, 0.717) is 36.6 Å². The van der Waals surface area contributed by atoms with Gasteiger partial charge in [0.1, 0.15) is 11.5 Å². The number of ether oxygens (including phenoxy) is 2. The monoisotopic (exact) mass is 468 g/mol. The van der Waals surface area contributed by atoms with E-state index in [1.54, 1.807) is 60.4 Å². The standard InChI is InChI=1S/C24H28N4O6/c1-3-33-19-10-12-20(13-11-19)34-16(2)23(31)27-26-21(29)15-25-24(32)17-6-8-18(9-7-17)28-14-4-5-22(28)30/h6-13,16H,3-5,14-15H2,1-2H3,(H,25,32)(H,26,29)(H,27,31). The van der Waals surface area contributed by atoms with Crippen molar-refractivity contribution in [3.05, 3.63) is 54.1 Å². The third-order valence-corrected chi connectivity index (χ3v) is 5.07. The van der Waals surface area contributed by atoms with E-state index in [4.69, 9.17) is 9.47 Å². The fraction of sp³-hybridized carbons (Fsp3) is 0.333. The van der Waals surface area contributed by atoms with Crippen LogP contribution in [0.3, 0.4) is 0 Å².